The van der Waals surface area contributed by atoms with Crippen LogP contribution in [-0.2, 0) is 0 Å². The normalized spacial score (nSPS) is 15.3. The Labute approximate surface area is 130 Å². The molecule has 2 atom stereocenters. The van der Waals surface area contributed by atoms with Crippen LogP contribution >= 0.6 is 0 Å². The minimum Gasteiger partial charge on any atom is -0.389 e. The van der Waals surface area contributed by atoms with E-state index < -0.39 is 0 Å². The quantitative estimate of drug-likeness (QED) is 0.539. The van der Waals surface area contributed by atoms with Crippen molar-refractivity contribution >= 4 is 6.08 Å². The smallest absolute Gasteiger partial charge is 0.0837 e. The summed E-state index contributed by atoms with van der Waals surface area (Å²) in [6, 6.07) is 10.2. The molecule has 0 fully saturated rings. The lowest BCUT2D eigenvalue weighted by Crippen LogP contribution is -2.42. The molecular formula is C19H32NO+. The van der Waals surface area contributed by atoms with E-state index in [1.165, 1.54) is 19.3 Å². The number of quaternary nitrogens is 1. The van der Waals surface area contributed by atoms with E-state index in [0.717, 1.165) is 23.0 Å². The summed E-state index contributed by atoms with van der Waals surface area (Å²) in [5.41, 5.74) is 1.15. The third-order valence-electron chi connectivity index (χ3n) is 3.73. The highest BCUT2D eigenvalue weighted by Gasteiger charge is 2.23. The van der Waals surface area contributed by atoms with Crippen molar-refractivity contribution in [2.45, 2.75) is 38.7 Å². The number of aliphatic hydroxyl groups is 1. The summed E-state index contributed by atoms with van der Waals surface area (Å²) in [5, 5.41) is 10.5. The van der Waals surface area contributed by atoms with E-state index in [-0.39, 0.29) is 6.10 Å². The molecule has 0 radical (unpaired) electrons. The van der Waals surface area contributed by atoms with Gasteiger partial charge in [0.1, 0.15) is 0 Å². The van der Waals surface area contributed by atoms with Gasteiger partial charge in [0.2, 0.25) is 0 Å². The SMILES string of the molecule is CCCCCC(C[N+](C)(C)C)C(O)C=Cc1ccccc1. The molecule has 0 aliphatic rings. The van der Waals surface area contributed by atoms with Gasteiger partial charge in [-0.25, -0.2) is 0 Å². The molecule has 1 N–H and O–H groups in total. The minimum absolute atomic E-state index is 0.330. The molecular weight excluding hydrogens is 258 g/mol. The summed E-state index contributed by atoms with van der Waals surface area (Å²) in [4.78, 5) is 0. The summed E-state index contributed by atoms with van der Waals surface area (Å²) < 4.78 is 0.896. The maximum atomic E-state index is 10.5. The Morgan fingerprint density at radius 2 is 1.76 bits per heavy atom. The Morgan fingerprint density at radius 1 is 1.10 bits per heavy atom. The van der Waals surface area contributed by atoms with Gasteiger partial charge in [0.25, 0.3) is 0 Å². The summed E-state index contributed by atoms with van der Waals surface area (Å²) in [6.45, 7) is 3.23. The molecule has 0 amide bonds. The van der Waals surface area contributed by atoms with E-state index in [4.69, 9.17) is 0 Å². The van der Waals surface area contributed by atoms with Crippen molar-refractivity contribution in [3.05, 3.63) is 42.0 Å². The van der Waals surface area contributed by atoms with Gasteiger partial charge in [-0.2, -0.15) is 0 Å². The molecule has 21 heavy (non-hydrogen) atoms. The van der Waals surface area contributed by atoms with Crippen LogP contribution in [-0.4, -0.2) is 43.4 Å². The Kier molecular flexibility index (Phi) is 7.69. The topological polar surface area (TPSA) is 20.2 Å². The average molecular weight is 290 g/mol. The molecule has 1 rings (SSSR count). The molecule has 0 aliphatic heterocycles. The molecule has 0 saturated carbocycles. The molecule has 2 nitrogen and oxygen atoms in total. The summed E-state index contributed by atoms with van der Waals surface area (Å²) in [5.74, 6) is 0.330. The lowest BCUT2D eigenvalue weighted by atomic mass is 9.93. The molecule has 118 valence electrons. The number of benzene rings is 1. The summed E-state index contributed by atoms with van der Waals surface area (Å²) in [6.07, 6.45) is 8.42. The van der Waals surface area contributed by atoms with Crippen LogP contribution in [0.2, 0.25) is 0 Å². The standard InChI is InChI=1S/C19H32NO/c1-5-6-8-13-18(16-20(2,3)4)19(21)15-14-17-11-9-7-10-12-17/h7,9-12,14-15,18-19,21H,5-6,8,13,16H2,1-4H3/q+1. The fourth-order valence-corrected chi connectivity index (χ4v) is 2.66. The van der Waals surface area contributed by atoms with E-state index in [2.05, 4.69) is 40.2 Å². The first kappa shape index (κ1) is 17.9. The monoisotopic (exact) mass is 290 g/mol. The van der Waals surface area contributed by atoms with Crippen molar-refractivity contribution in [1.29, 1.82) is 0 Å². The molecule has 0 spiro atoms. The number of rotatable bonds is 9. The first-order chi connectivity index (χ1) is 9.92. The first-order valence-electron chi connectivity index (χ1n) is 8.14. The molecule has 0 heterocycles. The first-order valence-corrected chi connectivity index (χ1v) is 8.14. The van der Waals surface area contributed by atoms with Crippen molar-refractivity contribution in [3.8, 4) is 0 Å². The maximum absolute atomic E-state index is 10.5. The molecule has 2 heteroatoms. The van der Waals surface area contributed by atoms with Crippen LogP contribution < -0.4 is 0 Å². The van der Waals surface area contributed by atoms with E-state index in [0.29, 0.717) is 5.92 Å². The fraction of sp³-hybridized carbons (Fsp3) is 0.579. The van der Waals surface area contributed by atoms with Crippen LogP contribution in [0.15, 0.2) is 36.4 Å². The number of aliphatic hydroxyl groups excluding tert-OH is 1. The van der Waals surface area contributed by atoms with Crippen LogP contribution in [0, 0.1) is 5.92 Å². The highest BCUT2D eigenvalue weighted by molar-refractivity contribution is 5.49. The van der Waals surface area contributed by atoms with Gasteiger partial charge in [0.15, 0.2) is 0 Å². The van der Waals surface area contributed by atoms with Gasteiger partial charge in [-0.1, -0.05) is 68.7 Å². The number of unbranched alkanes of at least 4 members (excludes halogenated alkanes) is 2. The van der Waals surface area contributed by atoms with Gasteiger partial charge < -0.3 is 9.59 Å². The van der Waals surface area contributed by atoms with Crippen LogP contribution in [0.25, 0.3) is 6.08 Å². The molecule has 1 aromatic carbocycles. The molecule has 1 aromatic rings. The van der Waals surface area contributed by atoms with E-state index >= 15 is 0 Å². The van der Waals surface area contributed by atoms with Gasteiger partial charge in [-0.15, -0.1) is 0 Å². The second-order valence-corrected chi connectivity index (χ2v) is 6.99. The Morgan fingerprint density at radius 3 is 2.33 bits per heavy atom. The van der Waals surface area contributed by atoms with Crippen LogP contribution in [0.3, 0.4) is 0 Å². The van der Waals surface area contributed by atoms with Gasteiger partial charge in [-0.3, -0.25) is 0 Å². The lowest BCUT2D eigenvalue weighted by molar-refractivity contribution is -0.874. The van der Waals surface area contributed by atoms with Crippen LogP contribution in [0.4, 0.5) is 0 Å². The zero-order valence-corrected chi connectivity index (χ0v) is 14.1. The van der Waals surface area contributed by atoms with E-state index in [1.807, 2.05) is 30.4 Å². The number of nitrogens with zero attached hydrogens (tertiary/aromatic N) is 1. The highest BCUT2D eigenvalue weighted by Crippen LogP contribution is 2.19. The molecule has 2 unspecified atom stereocenters. The van der Waals surface area contributed by atoms with Crippen molar-refractivity contribution in [1.82, 2.24) is 0 Å². The molecule has 0 bridgehead atoms. The summed E-state index contributed by atoms with van der Waals surface area (Å²) >= 11 is 0. The fourth-order valence-electron chi connectivity index (χ4n) is 2.66. The minimum atomic E-state index is -0.362. The predicted octanol–water partition coefficient (Wildman–Crippen LogP) is 3.96. The van der Waals surface area contributed by atoms with Crippen molar-refractivity contribution in [2.24, 2.45) is 5.92 Å². The van der Waals surface area contributed by atoms with Gasteiger partial charge in [-0.05, 0) is 12.0 Å². The Balaban J connectivity index is 2.65. The third kappa shape index (κ3) is 8.03. The Hall–Kier alpha value is -1.12. The zero-order valence-electron chi connectivity index (χ0n) is 14.1. The van der Waals surface area contributed by atoms with Crippen LogP contribution in [0.5, 0.6) is 0 Å². The molecule has 0 saturated heterocycles. The second kappa shape index (κ2) is 9.01. The van der Waals surface area contributed by atoms with E-state index in [1.54, 1.807) is 0 Å². The van der Waals surface area contributed by atoms with Gasteiger partial charge in [0, 0.05) is 5.92 Å². The van der Waals surface area contributed by atoms with Crippen molar-refractivity contribution in [3.63, 3.8) is 0 Å². The number of hydrogen-bond acceptors (Lipinski definition) is 1. The van der Waals surface area contributed by atoms with Crippen molar-refractivity contribution in [2.75, 3.05) is 27.7 Å². The van der Waals surface area contributed by atoms with Gasteiger partial charge >= 0.3 is 0 Å². The summed E-state index contributed by atoms with van der Waals surface area (Å²) in [7, 11) is 6.58. The third-order valence-corrected chi connectivity index (χ3v) is 3.73. The lowest BCUT2D eigenvalue weighted by Gasteiger charge is -2.31. The molecule has 0 aliphatic carbocycles. The van der Waals surface area contributed by atoms with E-state index in [9.17, 15) is 5.11 Å². The zero-order chi connectivity index (χ0) is 15.7. The highest BCUT2D eigenvalue weighted by atomic mass is 16.3. The maximum Gasteiger partial charge on any atom is 0.0837 e. The second-order valence-electron chi connectivity index (χ2n) is 6.99. The van der Waals surface area contributed by atoms with Crippen molar-refractivity contribution < 1.29 is 9.59 Å². The Bertz CT molecular complexity index is 405. The largest absolute Gasteiger partial charge is 0.389 e. The number of hydrogen-bond donors (Lipinski definition) is 1. The van der Waals surface area contributed by atoms with Crippen LogP contribution in [0.1, 0.15) is 38.2 Å². The predicted molar refractivity (Wildman–Crippen MR) is 92.0 cm³/mol. The average Bonchev–Trinajstić information content (AvgIpc) is 2.44. The molecule has 0 aromatic heterocycles. The van der Waals surface area contributed by atoms with Gasteiger partial charge in [0.05, 0.1) is 33.8 Å².